The van der Waals surface area contributed by atoms with Gasteiger partial charge in [0, 0.05) is 48.9 Å². The van der Waals surface area contributed by atoms with Crippen LogP contribution >= 0.6 is 11.6 Å². The molecule has 0 aliphatic carbocycles. The van der Waals surface area contributed by atoms with Gasteiger partial charge in [-0.15, -0.1) is 0 Å². The van der Waals surface area contributed by atoms with E-state index in [-0.39, 0.29) is 12.5 Å². The minimum absolute atomic E-state index is 0.00766. The van der Waals surface area contributed by atoms with Crippen molar-refractivity contribution in [3.8, 4) is 5.75 Å². The zero-order valence-corrected chi connectivity index (χ0v) is 20.8. The highest BCUT2D eigenvalue weighted by Gasteiger charge is 2.23. The first-order valence-corrected chi connectivity index (χ1v) is 12.1. The molecule has 4 rings (SSSR count). The molecule has 34 heavy (non-hydrogen) atoms. The fraction of sp³-hybridized carbons (Fsp3) is 0.370. The molecule has 0 atom stereocenters. The number of aromatic nitrogens is 2. The summed E-state index contributed by atoms with van der Waals surface area (Å²) in [5.41, 5.74) is 4.66. The second-order valence-corrected chi connectivity index (χ2v) is 9.22. The van der Waals surface area contributed by atoms with E-state index in [0.717, 1.165) is 48.8 Å². The predicted molar refractivity (Wildman–Crippen MR) is 136 cm³/mol. The average molecular weight is 479 g/mol. The van der Waals surface area contributed by atoms with E-state index in [1.54, 1.807) is 24.3 Å². The van der Waals surface area contributed by atoms with Gasteiger partial charge in [-0.1, -0.05) is 41.4 Å². The van der Waals surface area contributed by atoms with E-state index in [9.17, 15) is 4.79 Å². The van der Waals surface area contributed by atoms with Crippen molar-refractivity contribution in [2.75, 3.05) is 37.7 Å². The van der Waals surface area contributed by atoms with E-state index in [2.05, 4.69) is 48.0 Å². The highest BCUT2D eigenvalue weighted by atomic mass is 35.5. The van der Waals surface area contributed by atoms with Crippen molar-refractivity contribution in [2.24, 2.45) is 0 Å². The minimum Gasteiger partial charge on any atom is -0.484 e. The lowest BCUT2D eigenvalue weighted by Gasteiger charge is -2.26. The zero-order chi connectivity index (χ0) is 24.1. The monoisotopic (exact) mass is 478 g/mol. The first-order chi connectivity index (χ1) is 16.4. The lowest BCUT2D eigenvalue weighted by atomic mass is 10.0. The molecular formula is C27H31ClN4O2. The standard InChI is InChI=1S/C27H31ClN4O2/c1-19-5-7-22(8-6-19)17-25-20(2)29-21(3)30-27(25)32-14-4-13-31(15-16-32)26(33)18-34-24-11-9-23(28)10-12-24/h5-12H,4,13-18H2,1-3H3. The smallest absolute Gasteiger partial charge is 0.260 e. The summed E-state index contributed by atoms with van der Waals surface area (Å²) in [5.74, 6) is 2.39. The van der Waals surface area contributed by atoms with E-state index in [1.807, 2.05) is 11.8 Å². The molecule has 0 N–H and O–H groups in total. The topological polar surface area (TPSA) is 58.6 Å². The molecule has 1 aromatic heterocycles. The van der Waals surface area contributed by atoms with Crippen LogP contribution < -0.4 is 9.64 Å². The van der Waals surface area contributed by atoms with Gasteiger partial charge in [-0.05, 0) is 57.0 Å². The summed E-state index contributed by atoms with van der Waals surface area (Å²) in [6, 6.07) is 15.7. The first-order valence-electron chi connectivity index (χ1n) is 11.7. The number of ether oxygens (including phenoxy) is 1. The van der Waals surface area contributed by atoms with E-state index < -0.39 is 0 Å². The molecule has 0 radical (unpaired) electrons. The largest absolute Gasteiger partial charge is 0.484 e. The quantitative estimate of drug-likeness (QED) is 0.511. The molecule has 178 valence electrons. The van der Waals surface area contributed by atoms with Crippen molar-refractivity contribution in [2.45, 2.75) is 33.6 Å². The van der Waals surface area contributed by atoms with Gasteiger partial charge in [0.25, 0.3) is 5.91 Å². The van der Waals surface area contributed by atoms with Gasteiger partial charge in [0.1, 0.15) is 17.4 Å². The van der Waals surface area contributed by atoms with Crippen molar-refractivity contribution in [3.63, 3.8) is 0 Å². The molecular weight excluding hydrogens is 448 g/mol. The van der Waals surface area contributed by atoms with Gasteiger partial charge in [-0.25, -0.2) is 9.97 Å². The molecule has 3 aromatic rings. The number of halogens is 1. The van der Waals surface area contributed by atoms with Crippen LogP contribution in [0.3, 0.4) is 0 Å². The summed E-state index contributed by atoms with van der Waals surface area (Å²) in [6.45, 7) is 9.02. The second kappa shape index (κ2) is 10.9. The first kappa shape index (κ1) is 24.0. The molecule has 0 bridgehead atoms. The lowest BCUT2D eigenvalue weighted by molar-refractivity contribution is -0.133. The molecule has 1 saturated heterocycles. The van der Waals surface area contributed by atoms with Crippen molar-refractivity contribution < 1.29 is 9.53 Å². The van der Waals surface area contributed by atoms with Crippen LogP contribution in [0.5, 0.6) is 5.75 Å². The van der Waals surface area contributed by atoms with Crippen LogP contribution in [0, 0.1) is 20.8 Å². The molecule has 2 aromatic carbocycles. The van der Waals surface area contributed by atoms with Crippen molar-refractivity contribution >= 4 is 23.3 Å². The van der Waals surface area contributed by atoms with Crippen LogP contribution in [0.15, 0.2) is 48.5 Å². The Morgan fingerprint density at radius 2 is 1.68 bits per heavy atom. The number of amides is 1. The Morgan fingerprint density at radius 1 is 0.941 bits per heavy atom. The number of aryl methyl sites for hydroxylation is 3. The SMILES string of the molecule is Cc1ccc(Cc2c(C)nc(C)nc2N2CCCN(C(=O)COc3ccc(Cl)cc3)CC2)cc1. The third kappa shape index (κ3) is 6.06. The number of anilines is 1. The molecule has 1 aliphatic heterocycles. The maximum absolute atomic E-state index is 12.8. The molecule has 1 aliphatic rings. The Hall–Kier alpha value is -3.12. The number of hydrogen-bond donors (Lipinski definition) is 0. The fourth-order valence-electron chi connectivity index (χ4n) is 4.24. The van der Waals surface area contributed by atoms with Crippen LogP contribution in [-0.2, 0) is 11.2 Å². The normalized spacial score (nSPS) is 14.1. The number of rotatable bonds is 6. The van der Waals surface area contributed by atoms with Gasteiger partial charge in [0.2, 0.25) is 0 Å². The van der Waals surface area contributed by atoms with Crippen LogP contribution in [-0.4, -0.2) is 53.6 Å². The van der Waals surface area contributed by atoms with Gasteiger partial charge >= 0.3 is 0 Å². The molecule has 0 unspecified atom stereocenters. The average Bonchev–Trinajstić information content (AvgIpc) is 3.08. The predicted octanol–water partition coefficient (Wildman–Crippen LogP) is 4.76. The van der Waals surface area contributed by atoms with Crippen LogP contribution in [0.1, 0.15) is 34.6 Å². The van der Waals surface area contributed by atoms with E-state index >= 15 is 0 Å². The summed E-state index contributed by atoms with van der Waals surface area (Å²) < 4.78 is 5.67. The molecule has 1 amide bonds. The van der Waals surface area contributed by atoms with E-state index in [1.165, 1.54) is 11.1 Å². The number of carbonyl (C=O) groups excluding carboxylic acids is 1. The highest BCUT2D eigenvalue weighted by Crippen LogP contribution is 2.25. The Kier molecular flexibility index (Phi) is 7.68. The highest BCUT2D eigenvalue weighted by molar-refractivity contribution is 6.30. The molecule has 7 heteroatoms. The van der Waals surface area contributed by atoms with Gasteiger partial charge in [0.15, 0.2) is 6.61 Å². The maximum atomic E-state index is 12.8. The summed E-state index contributed by atoms with van der Waals surface area (Å²) in [5, 5.41) is 0.642. The summed E-state index contributed by atoms with van der Waals surface area (Å²) >= 11 is 5.92. The van der Waals surface area contributed by atoms with Crippen LogP contribution in [0.4, 0.5) is 5.82 Å². The summed E-state index contributed by atoms with van der Waals surface area (Å²) in [6.07, 6.45) is 1.66. The van der Waals surface area contributed by atoms with Gasteiger partial charge in [0.05, 0.1) is 0 Å². The van der Waals surface area contributed by atoms with Crippen LogP contribution in [0.25, 0.3) is 0 Å². The fourth-order valence-corrected chi connectivity index (χ4v) is 4.37. The van der Waals surface area contributed by atoms with Gasteiger partial charge in [-0.2, -0.15) is 0 Å². The summed E-state index contributed by atoms with van der Waals surface area (Å²) in [4.78, 5) is 26.5. The Bertz CT molecular complexity index is 1130. The molecule has 1 fully saturated rings. The number of nitrogens with zero attached hydrogens (tertiary/aromatic N) is 4. The third-order valence-corrected chi connectivity index (χ3v) is 6.38. The lowest BCUT2D eigenvalue weighted by Crippen LogP contribution is -2.38. The zero-order valence-electron chi connectivity index (χ0n) is 20.1. The third-order valence-electron chi connectivity index (χ3n) is 6.13. The van der Waals surface area contributed by atoms with Gasteiger partial charge < -0.3 is 14.5 Å². The summed E-state index contributed by atoms with van der Waals surface area (Å²) in [7, 11) is 0. The number of hydrogen-bond acceptors (Lipinski definition) is 5. The Labute approximate surface area is 206 Å². The minimum atomic E-state index is -0.00766. The molecule has 0 spiro atoms. The van der Waals surface area contributed by atoms with E-state index in [0.29, 0.717) is 23.9 Å². The Morgan fingerprint density at radius 3 is 2.41 bits per heavy atom. The van der Waals surface area contributed by atoms with Crippen molar-refractivity contribution in [3.05, 3.63) is 81.8 Å². The molecule has 0 saturated carbocycles. The van der Waals surface area contributed by atoms with Gasteiger partial charge in [-0.3, -0.25) is 4.79 Å². The van der Waals surface area contributed by atoms with E-state index in [4.69, 9.17) is 21.3 Å². The molecule has 6 nitrogen and oxygen atoms in total. The second-order valence-electron chi connectivity index (χ2n) is 8.78. The number of benzene rings is 2. The van der Waals surface area contributed by atoms with Crippen molar-refractivity contribution in [1.82, 2.24) is 14.9 Å². The Balaban J connectivity index is 1.44. The van der Waals surface area contributed by atoms with Crippen molar-refractivity contribution in [1.29, 1.82) is 0 Å². The van der Waals surface area contributed by atoms with Crippen LogP contribution in [0.2, 0.25) is 5.02 Å². The maximum Gasteiger partial charge on any atom is 0.260 e. The number of carbonyl (C=O) groups is 1. The molecule has 2 heterocycles.